The molecule has 0 unspecified atom stereocenters. The monoisotopic (exact) mass is 373 g/mol. The van der Waals surface area contributed by atoms with Crippen LogP contribution in [0.2, 0.25) is 5.02 Å². The molecule has 114 valence electrons. The maximum atomic E-state index is 12.1. The van der Waals surface area contributed by atoms with E-state index in [1.165, 1.54) is 0 Å². The first-order valence-electron chi connectivity index (χ1n) is 6.93. The van der Waals surface area contributed by atoms with E-state index >= 15 is 0 Å². The predicted molar refractivity (Wildman–Crippen MR) is 84.6 cm³/mol. The van der Waals surface area contributed by atoms with Crippen LogP contribution in [0.25, 0.3) is 0 Å². The van der Waals surface area contributed by atoms with Crippen LogP contribution in [0.15, 0.2) is 22.7 Å². The van der Waals surface area contributed by atoms with Crippen molar-refractivity contribution in [2.75, 3.05) is 6.54 Å². The third kappa shape index (κ3) is 4.45. The van der Waals surface area contributed by atoms with Crippen molar-refractivity contribution in [3.05, 3.63) is 33.3 Å². The average molecular weight is 375 g/mol. The molecule has 6 heteroatoms. The summed E-state index contributed by atoms with van der Waals surface area (Å²) in [5.41, 5.74) is 0.515. The SMILES string of the molecule is O=C(NCC1CCC(C(=O)O)CC1)c1cc(Cl)ccc1Br. The summed E-state index contributed by atoms with van der Waals surface area (Å²) in [6.45, 7) is 0.574. The number of hydrogen-bond donors (Lipinski definition) is 2. The molecule has 1 fully saturated rings. The van der Waals surface area contributed by atoms with Gasteiger partial charge in [-0.15, -0.1) is 0 Å². The number of carboxylic acids is 1. The lowest BCUT2D eigenvalue weighted by Crippen LogP contribution is -2.32. The molecule has 1 aliphatic carbocycles. The number of nitrogens with one attached hydrogen (secondary N) is 1. The molecule has 1 aliphatic rings. The molecule has 1 saturated carbocycles. The third-order valence-electron chi connectivity index (χ3n) is 3.92. The van der Waals surface area contributed by atoms with Gasteiger partial charge in [-0.2, -0.15) is 0 Å². The molecule has 1 aromatic carbocycles. The minimum atomic E-state index is -0.708. The van der Waals surface area contributed by atoms with Gasteiger partial charge in [-0.25, -0.2) is 0 Å². The molecule has 21 heavy (non-hydrogen) atoms. The first-order chi connectivity index (χ1) is 9.97. The second-order valence-corrected chi connectivity index (χ2v) is 6.68. The van der Waals surface area contributed by atoms with Gasteiger partial charge in [-0.1, -0.05) is 11.6 Å². The molecule has 0 aromatic heterocycles. The second kappa shape index (κ2) is 7.27. The Morgan fingerprint density at radius 2 is 1.95 bits per heavy atom. The number of aliphatic carboxylic acids is 1. The van der Waals surface area contributed by atoms with Crippen LogP contribution in [0, 0.1) is 11.8 Å². The van der Waals surface area contributed by atoms with Crippen LogP contribution in [0.3, 0.4) is 0 Å². The zero-order valence-electron chi connectivity index (χ0n) is 11.4. The lowest BCUT2D eigenvalue weighted by molar-refractivity contribution is -0.143. The summed E-state index contributed by atoms with van der Waals surface area (Å²) < 4.78 is 0.707. The van der Waals surface area contributed by atoms with Gasteiger partial charge in [-0.3, -0.25) is 9.59 Å². The highest BCUT2D eigenvalue weighted by atomic mass is 79.9. The normalized spacial score (nSPS) is 21.8. The smallest absolute Gasteiger partial charge is 0.306 e. The highest BCUT2D eigenvalue weighted by Gasteiger charge is 2.26. The van der Waals surface area contributed by atoms with Crippen molar-refractivity contribution in [2.24, 2.45) is 11.8 Å². The molecule has 1 aromatic rings. The number of halogens is 2. The highest BCUT2D eigenvalue weighted by Crippen LogP contribution is 2.28. The molecule has 0 bridgehead atoms. The van der Waals surface area contributed by atoms with Gasteiger partial charge in [0, 0.05) is 16.0 Å². The molecule has 4 nitrogen and oxygen atoms in total. The first-order valence-corrected chi connectivity index (χ1v) is 8.10. The standard InChI is InChI=1S/C15H17BrClNO3/c16-13-6-5-11(17)7-12(13)14(19)18-8-9-1-3-10(4-2-9)15(20)21/h5-7,9-10H,1-4,8H2,(H,18,19)(H,20,21). The van der Waals surface area contributed by atoms with Crippen LogP contribution < -0.4 is 5.32 Å². The Labute approximate surface area is 137 Å². The molecule has 0 heterocycles. The molecular formula is C15H17BrClNO3. The average Bonchev–Trinajstić information content (AvgIpc) is 2.47. The molecule has 0 spiro atoms. The van der Waals surface area contributed by atoms with E-state index in [0.29, 0.717) is 40.4 Å². The molecule has 0 atom stereocenters. The zero-order chi connectivity index (χ0) is 15.4. The Hall–Kier alpha value is -1.07. The summed E-state index contributed by atoms with van der Waals surface area (Å²) in [6.07, 6.45) is 3.06. The largest absolute Gasteiger partial charge is 0.481 e. The maximum Gasteiger partial charge on any atom is 0.306 e. The van der Waals surface area contributed by atoms with Crippen LogP contribution in [0.1, 0.15) is 36.0 Å². The number of carbonyl (C=O) groups excluding carboxylic acids is 1. The van der Waals surface area contributed by atoms with E-state index in [0.717, 1.165) is 12.8 Å². The van der Waals surface area contributed by atoms with Crippen LogP contribution in [0.5, 0.6) is 0 Å². The van der Waals surface area contributed by atoms with Crippen LogP contribution in [0.4, 0.5) is 0 Å². The van der Waals surface area contributed by atoms with Crippen LogP contribution >= 0.6 is 27.5 Å². The molecule has 2 rings (SSSR count). The maximum absolute atomic E-state index is 12.1. The van der Waals surface area contributed by atoms with E-state index in [2.05, 4.69) is 21.2 Å². The number of carboxylic acid groups (broad SMARTS) is 1. The van der Waals surface area contributed by atoms with Gasteiger partial charge in [0.05, 0.1) is 11.5 Å². The van der Waals surface area contributed by atoms with Gasteiger partial charge in [-0.05, 0) is 65.7 Å². The topological polar surface area (TPSA) is 66.4 Å². The molecule has 0 aliphatic heterocycles. The van der Waals surface area contributed by atoms with E-state index in [4.69, 9.17) is 16.7 Å². The fourth-order valence-corrected chi connectivity index (χ4v) is 3.22. The van der Waals surface area contributed by atoms with Crippen molar-refractivity contribution < 1.29 is 14.7 Å². The Balaban J connectivity index is 1.85. The van der Waals surface area contributed by atoms with Crippen molar-refractivity contribution in [3.8, 4) is 0 Å². The Morgan fingerprint density at radius 3 is 2.57 bits per heavy atom. The van der Waals surface area contributed by atoms with Crippen LogP contribution in [-0.4, -0.2) is 23.5 Å². The van der Waals surface area contributed by atoms with Gasteiger partial charge in [0.15, 0.2) is 0 Å². The zero-order valence-corrected chi connectivity index (χ0v) is 13.8. The van der Waals surface area contributed by atoms with Crippen LogP contribution in [-0.2, 0) is 4.79 Å². The third-order valence-corrected chi connectivity index (χ3v) is 4.85. The Morgan fingerprint density at radius 1 is 1.29 bits per heavy atom. The molecular weight excluding hydrogens is 358 g/mol. The quantitative estimate of drug-likeness (QED) is 0.844. The van der Waals surface area contributed by atoms with Crippen molar-refractivity contribution in [1.29, 1.82) is 0 Å². The van der Waals surface area contributed by atoms with Gasteiger partial charge in [0.25, 0.3) is 5.91 Å². The Bertz CT molecular complexity index is 542. The highest BCUT2D eigenvalue weighted by molar-refractivity contribution is 9.10. The van der Waals surface area contributed by atoms with E-state index in [1.807, 2.05) is 0 Å². The fourth-order valence-electron chi connectivity index (χ4n) is 2.62. The van der Waals surface area contributed by atoms with Crippen molar-refractivity contribution in [2.45, 2.75) is 25.7 Å². The summed E-state index contributed by atoms with van der Waals surface area (Å²) >= 11 is 9.24. The van der Waals surface area contributed by atoms with Gasteiger partial charge in [0.1, 0.15) is 0 Å². The lowest BCUT2D eigenvalue weighted by Gasteiger charge is -2.26. The van der Waals surface area contributed by atoms with Gasteiger partial charge in [0.2, 0.25) is 0 Å². The summed E-state index contributed by atoms with van der Waals surface area (Å²) in [5, 5.41) is 12.4. The minimum Gasteiger partial charge on any atom is -0.481 e. The molecule has 0 radical (unpaired) electrons. The first kappa shape index (κ1) is 16.3. The van der Waals surface area contributed by atoms with E-state index in [9.17, 15) is 9.59 Å². The molecule has 0 saturated heterocycles. The predicted octanol–water partition coefficient (Wildman–Crippen LogP) is 3.72. The van der Waals surface area contributed by atoms with E-state index < -0.39 is 5.97 Å². The fraction of sp³-hybridized carbons (Fsp3) is 0.467. The number of carbonyl (C=O) groups is 2. The summed E-state index contributed by atoms with van der Waals surface area (Å²) in [6, 6.07) is 5.09. The number of benzene rings is 1. The summed E-state index contributed by atoms with van der Waals surface area (Å²) in [5.74, 6) is -0.744. The second-order valence-electron chi connectivity index (χ2n) is 5.39. The molecule has 1 amide bonds. The number of rotatable bonds is 4. The van der Waals surface area contributed by atoms with E-state index in [-0.39, 0.29) is 11.8 Å². The Kier molecular flexibility index (Phi) is 5.65. The number of amides is 1. The summed E-state index contributed by atoms with van der Waals surface area (Å²) in [4.78, 5) is 23.0. The van der Waals surface area contributed by atoms with E-state index in [1.54, 1.807) is 18.2 Å². The van der Waals surface area contributed by atoms with Crippen molar-refractivity contribution in [1.82, 2.24) is 5.32 Å². The molecule has 2 N–H and O–H groups in total. The van der Waals surface area contributed by atoms with Gasteiger partial charge >= 0.3 is 5.97 Å². The van der Waals surface area contributed by atoms with Gasteiger partial charge < -0.3 is 10.4 Å². The van der Waals surface area contributed by atoms with Crippen molar-refractivity contribution >= 4 is 39.4 Å². The lowest BCUT2D eigenvalue weighted by atomic mass is 9.82. The minimum absolute atomic E-state index is 0.162. The summed E-state index contributed by atoms with van der Waals surface area (Å²) in [7, 11) is 0. The number of hydrogen-bond acceptors (Lipinski definition) is 2. The van der Waals surface area contributed by atoms with Crippen molar-refractivity contribution in [3.63, 3.8) is 0 Å².